The molecule has 2 aromatic heterocycles. The Morgan fingerprint density at radius 2 is 1.49 bits per heavy atom. The first-order valence-corrected chi connectivity index (χ1v) is 13.6. The molecular weight excluding hydrogens is 488 g/mol. The van der Waals surface area contributed by atoms with E-state index in [2.05, 4.69) is 9.97 Å². The van der Waals surface area contributed by atoms with Gasteiger partial charge in [0.15, 0.2) is 21.0 Å². The van der Waals surface area contributed by atoms with Crippen molar-refractivity contribution in [1.82, 2.24) is 19.1 Å². The van der Waals surface area contributed by atoms with Crippen LogP contribution >= 0.6 is 0 Å². The highest BCUT2D eigenvalue weighted by molar-refractivity contribution is 7.91. The number of H-pyrrole nitrogens is 1. The Balaban J connectivity index is 1.28. The highest BCUT2D eigenvalue weighted by atomic mass is 32.2. The summed E-state index contributed by atoms with van der Waals surface area (Å²) in [5, 5.41) is 0. The molecule has 37 heavy (non-hydrogen) atoms. The van der Waals surface area contributed by atoms with Crippen molar-refractivity contribution in [2.45, 2.75) is 31.3 Å². The molecule has 0 radical (unpaired) electrons. The lowest BCUT2D eigenvalue weighted by Gasteiger charge is -2.09. The number of sulfone groups is 1. The van der Waals surface area contributed by atoms with Gasteiger partial charge >= 0.3 is 5.69 Å². The fourth-order valence-corrected chi connectivity index (χ4v) is 5.65. The number of hydrogen-bond acceptors (Lipinski definition) is 5. The van der Waals surface area contributed by atoms with Gasteiger partial charge in [-0.2, -0.15) is 0 Å². The first-order valence-electron chi connectivity index (χ1n) is 12.0. The molecule has 188 valence electrons. The number of rotatable bonds is 8. The number of aryl methyl sites for hydroxylation is 2. The lowest BCUT2D eigenvalue weighted by atomic mass is 10.1. The molecule has 8 nitrogen and oxygen atoms in total. The van der Waals surface area contributed by atoms with E-state index in [9.17, 15) is 18.0 Å². The van der Waals surface area contributed by atoms with Crippen molar-refractivity contribution in [3.05, 3.63) is 117 Å². The molecular formula is C28H26N4O4S. The quantitative estimate of drug-likeness (QED) is 0.340. The zero-order chi connectivity index (χ0) is 26.0. The van der Waals surface area contributed by atoms with E-state index in [4.69, 9.17) is 0 Å². The zero-order valence-electron chi connectivity index (χ0n) is 20.3. The van der Waals surface area contributed by atoms with Crippen LogP contribution in [0, 0.1) is 0 Å². The lowest BCUT2D eigenvalue weighted by molar-refractivity contribution is 0.595. The van der Waals surface area contributed by atoms with Gasteiger partial charge in [0.1, 0.15) is 0 Å². The third kappa shape index (κ3) is 5.03. The summed E-state index contributed by atoms with van der Waals surface area (Å²) in [6, 6.07) is 24.2. The van der Waals surface area contributed by atoms with Gasteiger partial charge < -0.3 is 4.57 Å². The molecule has 0 amide bonds. The van der Waals surface area contributed by atoms with Crippen LogP contribution in [0.4, 0.5) is 0 Å². The Hall–Kier alpha value is -4.24. The number of nitrogens with one attached hydrogen (secondary N) is 1. The molecule has 2 heterocycles. The second kappa shape index (κ2) is 10.0. The number of hydrogen-bond donors (Lipinski definition) is 1. The average molecular weight is 515 g/mol. The normalized spacial score (nSPS) is 11.7. The van der Waals surface area contributed by atoms with Crippen molar-refractivity contribution in [3.8, 4) is 11.1 Å². The molecule has 0 unspecified atom stereocenters. The first kappa shape index (κ1) is 24.5. The largest absolute Gasteiger partial charge is 0.330 e. The molecule has 0 saturated carbocycles. The maximum absolute atomic E-state index is 12.9. The van der Waals surface area contributed by atoms with E-state index in [1.807, 2.05) is 73.7 Å². The lowest BCUT2D eigenvalue weighted by Crippen LogP contribution is -2.31. The molecule has 3 aromatic carbocycles. The van der Waals surface area contributed by atoms with Gasteiger partial charge in [-0.3, -0.25) is 14.3 Å². The smallest absolute Gasteiger partial charge is 0.325 e. The van der Waals surface area contributed by atoms with Gasteiger partial charge in [-0.25, -0.2) is 18.2 Å². The highest BCUT2D eigenvalue weighted by Gasteiger charge is 2.16. The number of benzene rings is 3. The van der Waals surface area contributed by atoms with Crippen LogP contribution in [-0.2, 0) is 29.3 Å². The maximum Gasteiger partial charge on any atom is 0.330 e. The Morgan fingerprint density at radius 1 is 0.838 bits per heavy atom. The predicted molar refractivity (Wildman–Crippen MR) is 143 cm³/mol. The van der Waals surface area contributed by atoms with Crippen molar-refractivity contribution in [2.24, 2.45) is 0 Å². The van der Waals surface area contributed by atoms with Gasteiger partial charge in [-0.15, -0.1) is 0 Å². The van der Waals surface area contributed by atoms with Gasteiger partial charge in [0.25, 0.3) is 5.56 Å². The highest BCUT2D eigenvalue weighted by Crippen LogP contribution is 2.22. The van der Waals surface area contributed by atoms with E-state index < -0.39 is 21.1 Å². The van der Waals surface area contributed by atoms with Gasteiger partial charge in [-0.05, 0) is 47.7 Å². The second-order valence-electron chi connectivity index (χ2n) is 8.82. The van der Waals surface area contributed by atoms with Crippen molar-refractivity contribution in [1.29, 1.82) is 0 Å². The summed E-state index contributed by atoms with van der Waals surface area (Å²) in [6.07, 6.45) is 1.92. The molecule has 0 aliphatic rings. The third-order valence-electron chi connectivity index (χ3n) is 6.44. The minimum atomic E-state index is -3.44. The van der Waals surface area contributed by atoms with Gasteiger partial charge in [0, 0.05) is 6.54 Å². The van der Waals surface area contributed by atoms with Crippen LogP contribution in [0.25, 0.3) is 22.3 Å². The Morgan fingerprint density at radius 3 is 2.16 bits per heavy atom. The Labute approximate surface area is 213 Å². The fraction of sp³-hybridized carbons (Fsp3) is 0.179. The van der Waals surface area contributed by atoms with Crippen molar-refractivity contribution in [3.63, 3.8) is 0 Å². The summed E-state index contributed by atoms with van der Waals surface area (Å²) in [5.41, 5.74) is 3.44. The van der Waals surface area contributed by atoms with Gasteiger partial charge in [0.2, 0.25) is 0 Å². The summed E-state index contributed by atoms with van der Waals surface area (Å²) in [7, 11) is -3.44. The molecule has 0 saturated heterocycles. The molecule has 0 atom stereocenters. The number of aromatic nitrogens is 4. The van der Waals surface area contributed by atoms with Crippen molar-refractivity contribution in [2.75, 3.05) is 5.75 Å². The molecule has 0 spiro atoms. The molecule has 0 aliphatic carbocycles. The molecule has 5 aromatic rings. The summed E-state index contributed by atoms with van der Waals surface area (Å²) in [4.78, 5) is 31.6. The molecule has 5 rings (SSSR count). The first-order chi connectivity index (χ1) is 17.9. The van der Waals surface area contributed by atoms with Crippen LogP contribution in [0.2, 0.25) is 0 Å². The summed E-state index contributed by atoms with van der Waals surface area (Å²) < 4.78 is 28.9. The third-order valence-corrected chi connectivity index (χ3v) is 8.17. The molecule has 0 fully saturated rings. The maximum atomic E-state index is 12.9. The number of fused-ring (bicyclic) bond motifs is 1. The molecule has 1 N–H and O–H groups in total. The van der Waals surface area contributed by atoms with E-state index in [1.165, 1.54) is 4.57 Å². The van der Waals surface area contributed by atoms with E-state index in [0.29, 0.717) is 29.0 Å². The monoisotopic (exact) mass is 514 g/mol. The van der Waals surface area contributed by atoms with E-state index in [-0.39, 0.29) is 12.3 Å². The van der Waals surface area contributed by atoms with Crippen molar-refractivity contribution < 1.29 is 8.42 Å². The van der Waals surface area contributed by atoms with Crippen LogP contribution in [0.1, 0.15) is 18.1 Å². The van der Waals surface area contributed by atoms with E-state index in [1.54, 1.807) is 23.0 Å². The van der Waals surface area contributed by atoms with E-state index in [0.717, 1.165) is 22.3 Å². The minimum Gasteiger partial charge on any atom is -0.325 e. The second-order valence-corrected chi connectivity index (χ2v) is 10.9. The summed E-state index contributed by atoms with van der Waals surface area (Å²) in [5.74, 6) is -0.00845. The van der Waals surface area contributed by atoms with Crippen LogP contribution in [-0.4, -0.2) is 33.3 Å². The standard InChI is InChI=1S/C28H26N4O4S/c1-2-31-19-29-26-25(31)27(33)30-28(34)32(26)18-21-10-8-20(9-11-21)16-17-37(35,36)24-14-12-23(13-15-24)22-6-4-3-5-7-22/h3-15,19H,2,16-18H2,1H3,(H,30,33,34). The average Bonchev–Trinajstić information content (AvgIpc) is 3.36. The zero-order valence-corrected chi connectivity index (χ0v) is 21.1. The summed E-state index contributed by atoms with van der Waals surface area (Å²) >= 11 is 0. The number of imidazole rings is 1. The number of nitrogens with zero attached hydrogens (tertiary/aromatic N) is 3. The molecule has 0 bridgehead atoms. The van der Waals surface area contributed by atoms with E-state index >= 15 is 0 Å². The topological polar surface area (TPSA) is 107 Å². The van der Waals surface area contributed by atoms with Crippen molar-refractivity contribution >= 4 is 21.0 Å². The van der Waals surface area contributed by atoms with Gasteiger partial charge in [-0.1, -0.05) is 66.7 Å². The Bertz CT molecular complexity index is 1770. The van der Waals surface area contributed by atoms with Crippen LogP contribution in [0.3, 0.4) is 0 Å². The molecule has 0 aliphatic heterocycles. The Kier molecular flexibility index (Phi) is 6.62. The minimum absolute atomic E-state index is 0.00845. The van der Waals surface area contributed by atoms with Gasteiger partial charge in [0.05, 0.1) is 23.5 Å². The molecule has 9 heteroatoms. The van der Waals surface area contributed by atoms with Crippen LogP contribution in [0.5, 0.6) is 0 Å². The number of aromatic amines is 1. The van der Waals surface area contributed by atoms with Crippen LogP contribution < -0.4 is 11.2 Å². The fourth-order valence-electron chi connectivity index (χ4n) is 4.36. The van der Waals surface area contributed by atoms with Crippen LogP contribution in [0.15, 0.2) is 99.7 Å². The summed E-state index contributed by atoms with van der Waals surface area (Å²) in [6.45, 7) is 2.69. The SMILES string of the molecule is CCn1cnc2c1c(=O)[nH]c(=O)n2Cc1ccc(CCS(=O)(=O)c2ccc(-c3ccccc3)cc2)cc1. The predicted octanol–water partition coefficient (Wildman–Crippen LogP) is 3.64.